The van der Waals surface area contributed by atoms with Gasteiger partial charge in [0.1, 0.15) is 0 Å². The van der Waals surface area contributed by atoms with E-state index in [1.807, 2.05) is 6.92 Å². The number of benzene rings is 1. The molecule has 1 aromatic carbocycles. The SMILES string of the molecule is CCCN(CC(F)(F)F)C(C)C(=O)c1ccc(C)cc1. The van der Waals surface area contributed by atoms with Crippen LogP contribution < -0.4 is 0 Å². The van der Waals surface area contributed by atoms with Crippen LogP contribution in [0.1, 0.15) is 36.2 Å². The van der Waals surface area contributed by atoms with E-state index in [-0.39, 0.29) is 12.3 Å². The lowest BCUT2D eigenvalue weighted by Crippen LogP contribution is -2.44. The van der Waals surface area contributed by atoms with Gasteiger partial charge in [-0.25, -0.2) is 0 Å². The van der Waals surface area contributed by atoms with Crippen LogP contribution in [-0.4, -0.2) is 36.0 Å². The second kappa shape index (κ2) is 6.88. The summed E-state index contributed by atoms with van der Waals surface area (Å²) in [6.45, 7) is 4.42. The van der Waals surface area contributed by atoms with Gasteiger partial charge in [-0.05, 0) is 26.8 Å². The van der Waals surface area contributed by atoms with Crippen molar-refractivity contribution in [2.75, 3.05) is 13.1 Å². The van der Waals surface area contributed by atoms with Crippen LogP contribution in [0.5, 0.6) is 0 Å². The third-order valence-electron chi connectivity index (χ3n) is 3.16. The molecule has 0 heterocycles. The highest BCUT2D eigenvalue weighted by Gasteiger charge is 2.34. The molecule has 0 bridgehead atoms. The number of aryl methyl sites for hydroxylation is 1. The van der Waals surface area contributed by atoms with E-state index in [1.165, 1.54) is 11.8 Å². The Morgan fingerprint density at radius 2 is 1.80 bits per heavy atom. The van der Waals surface area contributed by atoms with Gasteiger partial charge in [0.05, 0.1) is 12.6 Å². The number of carbonyl (C=O) groups excluding carboxylic acids is 1. The van der Waals surface area contributed by atoms with Gasteiger partial charge in [0.25, 0.3) is 0 Å². The minimum absolute atomic E-state index is 0.248. The molecule has 0 N–H and O–H groups in total. The molecule has 0 saturated heterocycles. The number of Topliss-reactive ketones (excluding diaryl/α,β-unsaturated/α-hetero) is 1. The van der Waals surface area contributed by atoms with Gasteiger partial charge < -0.3 is 0 Å². The first-order chi connectivity index (χ1) is 9.24. The molecule has 0 spiro atoms. The van der Waals surface area contributed by atoms with Gasteiger partial charge in [0, 0.05) is 5.56 Å². The van der Waals surface area contributed by atoms with E-state index >= 15 is 0 Å². The van der Waals surface area contributed by atoms with E-state index in [0.717, 1.165) is 5.56 Å². The van der Waals surface area contributed by atoms with Crippen molar-refractivity contribution in [3.63, 3.8) is 0 Å². The second-order valence-electron chi connectivity index (χ2n) is 4.99. The molecule has 0 aliphatic heterocycles. The van der Waals surface area contributed by atoms with Crippen molar-refractivity contribution in [3.05, 3.63) is 35.4 Å². The molecule has 5 heteroatoms. The zero-order chi connectivity index (χ0) is 15.3. The van der Waals surface area contributed by atoms with E-state index in [4.69, 9.17) is 0 Å². The predicted octanol–water partition coefficient (Wildman–Crippen LogP) is 3.84. The van der Waals surface area contributed by atoms with E-state index in [1.54, 1.807) is 31.2 Å². The number of hydrogen-bond donors (Lipinski definition) is 0. The highest BCUT2D eigenvalue weighted by molar-refractivity contribution is 5.99. The molecule has 0 aliphatic rings. The molecule has 1 rings (SSSR count). The third-order valence-corrected chi connectivity index (χ3v) is 3.16. The van der Waals surface area contributed by atoms with E-state index in [2.05, 4.69) is 0 Å². The van der Waals surface area contributed by atoms with Gasteiger partial charge in [-0.3, -0.25) is 9.69 Å². The molecule has 1 unspecified atom stereocenters. The maximum absolute atomic E-state index is 12.6. The first-order valence-electron chi connectivity index (χ1n) is 6.66. The topological polar surface area (TPSA) is 20.3 Å². The van der Waals surface area contributed by atoms with Gasteiger partial charge in [0.2, 0.25) is 0 Å². The maximum Gasteiger partial charge on any atom is 0.401 e. The molecule has 0 radical (unpaired) electrons. The number of carbonyl (C=O) groups is 1. The highest BCUT2D eigenvalue weighted by Crippen LogP contribution is 2.20. The Labute approximate surface area is 117 Å². The molecule has 0 aromatic heterocycles. The Bertz CT molecular complexity index is 439. The van der Waals surface area contributed by atoms with Crippen LogP contribution in [0.15, 0.2) is 24.3 Å². The average Bonchev–Trinajstić information content (AvgIpc) is 2.36. The largest absolute Gasteiger partial charge is 0.401 e. The minimum Gasteiger partial charge on any atom is -0.292 e. The fourth-order valence-corrected chi connectivity index (χ4v) is 2.05. The molecule has 2 nitrogen and oxygen atoms in total. The zero-order valence-electron chi connectivity index (χ0n) is 12.0. The number of nitrogens with zero attached hydrogens (tertiary/aromatic N) is 1. The molecule has 1 aromatic rings. The van der Waals surface area contributed by atoms with Crippen molar-refractivity contribution >= 4 is 5.78 Å². The molecule has 0 aliphatic carbocycles. The summed E-state index contributed by atoms with van der Waals surface area (Å²) >= 11 is 0. The summed E-state index contributed by atoms with van der Waals surface area (Å²) in [5, 5.41) is 0. The second-order valence-corrected chi connectivity index (χ2v) is 4.99. The van der Waals surface area contributed by atoms with E-state index in [0.29, 0.717) is 12.0 Å². The van der Waals surface area contributed by atoms with Gasteiger partial charge in [-0.1, -0.05) is 36.8 Å². The van der Waals surface area contributed by atoms with Gasteiger partial charge in [0.15, 0.2) is 5.78 Å². The Kier molecular flexibility index (Phi) is 5.74. The van der Waals surface area contributed by atoms with Crippen LogP contribution in [-0.2, 0) is 0 Å². The van der Waals surface area contributed by atoms with E-state index in [9.17, 15) is 18.0 Å². The standard InChI is InChI=1S/C15H20F3NO/c1-4-9-19(10-15(16,17)18)12(3)14(20)13-7-5-11(2)6-8-13/h5-8,12H,4,9-10H2,1-3H3. The number of halogens is 3. The molecule has 20 heavy (non-hydrogen) atoms. The van der Waals surface area contributed by atoms with Crippen LogP contribution >= 0.6 is 0 Å². The lowest BCUT2D eigenvalue weighted by atomic mass is 10.0. The average molecular weight is 287 g/mol. The Morgan fingerprint density at radius 1 is 1.25 bits per heavy atom. The highest BCUT2D eigenvalue weighted by atomic mass is 19.4. The third kappa shape index (κ3) is 4.96. The first kappa shape index (κ1) is 16.7. The maximum atomic E-state index is 12.6. The lowest BCUT2D eigenvalue weighted by molar-refractivity contribution is -0.148. The number of hydrogen-bond acceptors (Lipinski definition) is 2. The predicted molar refractivity (Wildman–Crippen MR) is 72.9 cm³/mol. The summed E-state index contributed by atoms with van der Waals surface area (Å²) in [7, 11) is 0. The summed E-state index contributed by atoms with van der Waals surface area (Å²) < 4.78 is 37.7. The molecular formula is C15H20F3NO. The smallest absolute Gasteiger partial charge is 0.292 e. The minimum atomic E-state index is -4.29. The van der Waals surface area contributed by atoms with Crippen molar-refractivity contribution in [1.82, 2.24) is 4.90 Å². The van der Waals surface area contributed by atoms with Crippen molar-refractivity contribution in [2.24, 2.45) is 0 Å². The lowest BCUT2D eigenvalue weighted by Gasteiger charge is -2.28. The quantitative estimate of drug-likeness (QED) is 0.741. The van der Waals surface area contributed by atoms with Crippen molar-refractivity contribution < 1.29 is 18.0 Å². The Hall–Kier alpha value is -1.36. The fraction of sp³-hybridized carbons (Fsp3) is 0.533. The van der Waals surface area contributed by atoms with Gasteiger partial charge in [-0.2, -0.15) is 13.2 Å². The summed E-state index contributed by atoms with van der Waals surface area (Å²) in [4.78, 5) is 13.4. The van der Waals surface area contributed by atoms with Crippen LogP contribution in [0.2, 0.25) is 0 Å². The summed E-state index contributed by atoms with van der Waals surface area (Å²) in [6.07, 6.45) is -3.72. The van der Waals surface area contributed by atoms with Gasteiger partial charge >= 0.3 is 6.18 Å². The summed E-state index contributed by atoms with van der Waals surface area (Å²) in [5.74, 6) is -0.275. The molecule has 0 fully saturated rings. The van der Waals surface area contributed by atoms with Crippen LogP contribution in [0.25, 0.3) is 0 Å². The Balaban J connectivity index is 2.85. The van der Waals surface area contributed by atoms with Crippen LogP contribution in [0, 0.1) is 6.92 Å². The van der Waals surface area contributed by atoms with Crippen molar-refractivity contribution in [3.8, 4) is 0 Å². The Morgan fingerprint density at radius 3 is 2.25 bits per heavy atom. The van der Waals surface area contributed by atoms with Crippen LogP contribution in [0.4, 0.5) is 13.2 Å². The number of ketones is 1. The molecule has 0 amide bonds. The molecule has 1 atom stereocenters. The zero-order valence-corrected chi connectivity index (χ0v) is 12.0. The number of alkyl halides is 3. The normalized spacial score (nSPS) is 13.6. The molecular weight excluding hydrogens is 267 g/mol. The van der Waals surface area contributed by atoms with E-state index < -0.39 is 18.8 Å². The summed E-state index contributed by atoms with van der Waals surface area (Å²) in [6, 6.07) is 6.11. The number of rotatable bonds is 6. The fourth-order valence-electron chi connectivity index (χ4n) is 2.05. The van der Waals surface area contributed by atoms with Crippen LogP contribution in [0.3, 0.4) is 0 Å². The van der Waals surface area contributed by atoms with Gasteiger partial charge in [-0.15, -0.1) is 0 Å². The summed E-state index contributed by atoms with van der Waals surface area (Å²) in [5.41, 5.74) is 1.46. The molecule has 112 valence electrons. The monoisotopic (exact) mass is 287 g/mol. The molecule has 0 saturated carbocycles. The first-order valence-corrected chi connectivity index (χ1v) is 6.66. The van der Waals surface area contributed by atoms with Crippen molar-refractivity contribution in [1.29, 1.82) is 0 Å². The van der Waals surface area contributed by atoms with Crippen molar-refractivity contribution in [2.45, 2.75) is 39.4 Å².